The van der Waals surface area contributed by atoms with Crippen molar-refractivity contribution in [1.82, 2.24) is 15.5 Å². The largest absolute Gasteiger partial charge is 0.344 e. The first kappa shape index (κ1) is 27.9. The number of likely N-dealkylation sites (N-methyl/N-ethyl adjacent to an activating group) is 1. The quantitative estimate of drug-likeness (QED) is 0.520. The van der Waals surface area contributed by atoms with E-state index in [-0.39, 0.29) is 10.7 Å². The molecule has 0 aliphatic heterocycles. The number of amides is 3. The molecule has 3 amide bonds. The van der Waals surface area contributed by atoms with Crippen molar-refractivity contribution in [3.8, 4) is 0 Å². The fourth-order valence-electron chi connectivity index (χ4n) is 3.12. The summed E-state index contributed by atoms with van der Waals surface area (Å²) < 4.78 is 12.2. The Labute approximate surface area is 181 Å². The predicted molar refractivity (Wildman–Crippen MR) is 123 cm³/mol. The van der Waals surface area contributed by atoms with Crippen LogP contribution in [0.4, 0.5) is 4.79 Å². The minimum atomic E-state index is -1.08. The maximum Gasteiger partial charge on any atom is 0.315 e. The molecule has 2 N–H and O–H groups in total. The number of carbonyl (C=O) groups excluding carboxylic acids is 2. The molecule has 7 heteroatoms. The number of hydrogen-bond acceptors (Lipinski definition) is 3. The van der Waals surface area contributed by atoms with E-state index >= 15 is 0 Å². The zero-order valence-electron chi connectivity index (χ0n) is 20.3. The molecule has 0 saturated heterocycles. The molecule has 0 heterocycles. The van der Waals surface area contributed by atoms with Crippen LogP contribution >= 0.6 is 0 Å². The topological polar surface area (TPSA) is 78.5 Å². The fraction of sp³-hybridized carbons (Fsp3) is 0.909. The van der Waals surface area contributed by atoms with E-state index in [0.29, 0.717) is 30.6 Å². The summed E-state index contributed by atoms with van der Waals surface area (Å²) >= 11 is 0. The maximum absolute atomic E-state index is 12.7. The van der Waals surface area contributed by atoms with Crippen LogP contribution in [0, 0.1) is 11.8 Å². The third-order valence-electron chi connectivity index (χ3n) is 5.90. The van der Waals surface area contributed by atoms with Gasteiger partial charge in [-0.3, -0.25) is 9.00 Å². The summed E-state index contributed by atoms with van der Waals surface area (Å²) in [5.74, 6) is 1.27. The van der Waals surface area contributed by atoms with Crippen molar-refractivity contribution < 1.29 is 13.8 Å². The fourth-order valence-corrected chi connectivity index (χ4v) is 4.41. The summed E-state index contributed by atoms with van der Waals surface area (Å²) in [5.41, 5.74) is -0.596. The van der Waals surface area contributed by atoms with Crippen LogP contribution in [-0.2, 0) is 15.6 Å². The van der Waals surface area contributed by atoms with Gasteiger partial charge < -0.3 is 15.5 Å². The Morgan fingerprint density at radius 1 is 1.03 bits per heavy atom. The van der Waals surface area contributed by atoms with Gasteiger partial charge in [0.05, 0.1) is 5.54 Å². The molecule has 29 heavy (non-hydrogen) atoms. The lowest BCUT2D eigenvalue weighted by Gasteiger charge is -2.33. The van der Waals surface area contributed by atoms with Gasteiger partial charge in [0.1, 0.15) is 6.04 Å². The molecule has 0 aliphatic carbocycles. The first-order valence-corrected chi connectivity index (χ1v) is 12.2. The SMILES string of the molecule is CCC(CN(C)C(=O)C(C)NC(=O)NC(C)(CC)CS(=O)C(C)(C)C)[C@H](C)CC. The molecule has 6 nitrogen and oxygen atoms in total. The predicted octanol–water partition coefficient (Wildman–Crippen LogP) is 3.92. The van der Waals surface area contributed by atoms with Gasteiger partial charge >= 0.3 is 6.03 Å². The van der Waals surface area contributed by atoms with Gasteiger partial charge in [-0.25, -0.2) is 4.79 Å². The van der Waals surface area contributed by atoms with Gasteiger partial charge in [0.15, 0.2) is 0 Å². The highest BCUT2D eigenvalue weighted by molar-refractivity contribution is 7.86. The van der Waals surface area contributed by atoms with Gasteiger partial charge in [-0.2, -0.15) is 0 Å². The zero-order valence-corrected chi connectivity index (χ0v) is 21.2. The minimum Gasteiger partial charge on any atom is -0.344 e. The van der Waals surface area contributed by atoms with E-state index in [4.69, 9.17) is 0 Å². The molecule has 172 valence electrons. The van der Waals surface area contributed by atoms with E-state index in [0.717, 1.165) is 12.8 Å². The molecule has 0 fully saturated rings. The number of rotatable bonds is 11. The van der Waals surface area contributed by atoms with Crippen LogP contribution in [0.1, 0.15) is 81.6 Å². The Bertz CT molecular complexity index is 562. The van der Waals surface area contributed by atoms with E-state index in [2.05, 4.69) is 31.4 Å². The number of nitrogens with one attached hydrogen (secondary N) is 2. The average Bonchev–Trinajstić information content (AvgIpc) is 2.63. The van der Waals surface area contributed by atoms with E-state index in [1.807, 2.05) is 34.6 Å². The summed E-state index contributed by atoms with van der Waals surface area (Å²) in [6.07, 6.45) is 2.76. The monoisotopic (exact) mass is 431 g/mol. The Morgan fingerprint density at radius 2 is 1.59 bits per heavy atom. The van der Waals surface area contributed by atoms with Crippen molar-refractivity contribution in [3.63, 3.8) is 0 Å². The van der Waals surface area contributed by atoms with Crippen molar-refractivity contribution in [2.24, 2.45) is 11.8 Å². The van der Waals surface area contributed by atoms with Crippen molar-refractivity contribution in [2.75, 3.05) is 19.3 Å². The van der Waals surface area contributed by atoms with Crippen LogP contribution in [0.25, 0.3) is 0 Å². The van der Waals surface area contributed by atoms with Crippen LogP contribution in [0.15, 0.2) is 0 Å². The van der Waals surface area contributed by atoms with Crippen LogP contribution in [-0.4, -0.2) is 56.7 Å². The molecule has 0 aromatic rings. The van der Waals surface area contributed by atoms with Crippen LogP contribution in [0.3, 0.4) is 0 Å². The molecule has 0 aromatic carbocycles. The lowest BCUT2D eigenvalue weighted by atomic mass is 9.89. The summed E-state index contributed by atoms with van der Waals surface area (Å²) in [6, 6.07) is -1.02. The second kappa shape index (κ2) is 11.9. The summed E-state index contributed by atoms with van der Waals surface area (Å²) in [7, 11) is 0.715. The standard InChI is InChI=1S/C22H45N3O3S/c1-11-16(4)18(12-2)14-25(10)19(26)17(5)23-20(27)24-22(9,13-3)15-29(28)21(6,7)8/h16-18H,11-15H2,1-10H3,(H2,23,24,27)/t16-,17?,18?,22?,29?/m1/s1. The normalized spacial score (nSPS) is 18.1. The molecule has 0 aromatic heterocycles. The number of hydrogen-bond donors (Lipinski definition) is 2. The zero-order chi connectivity index (χ0) is 23.0. The molecular weight excluding hydrogens is 386 g/mol. The lowest BCUT2D eigenvalue weighted by Crippen LogP contribution is -2.57. The molecule has 0 bridgehead atoms. The number of nitrogens with zero attached hydrogens (tertiary/aromatic N) is 1. The molecule has 0 saturated carbocycles. The van der Waals surface area contributed by atoms with E-state index in [9.17, 15) is 13.8 Å². The summed E-state index contributed by atoms with van der Waals surface area (Å²) in [4.78, 5) is 27.0. The van der Waals surface area contributed by atoms with Gasteiger partial charge in [0.2, 0.25) is 5.91 Å². The Balaban J connectivity index is 4.89. The Morgan fingerprint density at radius 3 is 2.00 bits per heavy atom. The molecule has 4 unspecified atom stereocenters. The average molecular weight is 432 g/mol. The first-order valence-electron chi connectivity index (χ1n) is 10.9. The molecule has 0 aliphatic rings. The first-order chi connectivity index (χ1) is 13.2. The molecule has 0 radical (unpaired) electrons. The maximum atomic E-state index is 12.7. The van der Waals surface area contributed by atoms with Crippen molar-refractivity contribution in [3.05, 3.63) is 0 Å². The number of urea groups is 1. The lowest BCUT2D eigenvalue weighted by molar-refractivity contribution is -0.132. The second-order valence-corrected chi connectivity index (χ2v) is 11.8. The van der Waals surface area contributed by atoms with Gasteiger partial charge in [0.25, 0.3) is 0 Å². The Kier molecular flexibility index (Phi) is 11.5. The van der Waals surface area contributed by atoms with Crippen molar-refractivity contribution in [2.45, 2.75) is 97.9 Å². The Hall–Kier alpha value is -1.11. The van der Waals surface area contributed by atoms with E-state index < -0.39 is 28.4 Å². The van der Waals surface area contributed by atoms with Crippen LogP contribution in [0.5, 0.6) is 0 Å². The third kappa shape index (κ3) is 9.49. The van der Waals surface area contributed by atoms with Gasteiger partial charge in [-0.15, -0.1) is 0 Å². The van der Waals surface area contributed by atoms with Gasteiger partial charge in [-0.1, -0.05) is 40.5 Å². The number of carbonyl (C=O) groups is 2. The molecule has 0 rings (SSSR count). The summed E-state index contributed by atoms with van der Waals surface area (Å²) in [5, 5.41) is 5.69. The van der Waals surface area contributed by atoms with E-state index in [1.165, 1.54) is 0 Å². The van der Waals surface area contributed by atoms with Crippen molar-refractivity contribution >= 4 is 22.7 Å². The van der Waals surface area contributed by atoms with Gasteiger partial charge in [0, 0.05) is 34.9 Å². The summed E-state index contributed by atoms with van der Waals surface area (Å²) in [6.45, 7) is 18.6. The highest BCUT2D eigenvalue weighted by atomic mass is 32.2. The van der Waals surface area contributed by atoms with Crippen LogP contribution < -0.4 is 10.6 Å². The highest BCUT2D eigenvalue weighted by Crippen LogP contribution is 2.20. The molecule has 5 atom stereocenters. The van der Waals surface area contributed by atoms with Gasteiger partial charge in [-0.05, 0) is 52.9 Å². The highest BCUT2D eigenvalue weighted by Gasteiger charge is 2.32. The molecule has 0 spiro atoms. The van der Waals surface area contributed by atoms with Crippen molar-refractivity contribution in [1.29, 1.82) is 0 Å². The minimum absolute atomic E-state index is 0.0987. The van der Waals surface area contributed by atoms with E-state index in [1.54, 1.807) is 18.9 Å². The second-order valence-electron chi connectivity index (χ2n) is 9.61. The third-order valence-corrected chi connectivity index (χ3v) is 8.17. The molecular formula is C22H45N3O3S. The smallest absolute Gasteiger partial charge is 0.315 e. The van der Waals surface area contributed by atoms with Crippen LogP contribution in [0.2, 0.25) is 0 Å².